The molecule has 6 heteroatoms. The van der Waals surface area contributed by atoms with Crippen LogP contribution in [0.15, 0.2) is 24.3 Å². The first kappa shape index (κ1) is 21.8. The van der Waals surface area contributed by atoms with Gasteiger partial charge in [0.15, 0.2) is 0 Å². The Bertz CT molecular complexity index is 634. The molecule has 0 aliphatic carbocycles. The molecule has 1 saturated heterocycles. The first-order valence-corrected chi connectivity index (χ1v) is 11.1. The van der Waals surface area contributed by atoms with Crippen molar-refractivity contribution < 1.29 is 9.59 Å². The molecule has 2 unspecified atom stereocenters. The highest BCUT2D eigenvalue weighted by Crippen LogP contribution is 2.24. The van der Waals surface area contributed by atoms with Crippen molar-refractivity contribution in [3.05, 3.63) is 35.4 Å². The normalized spacial score (nSPS) is 18.0. The lowest BCUT2D eigenvalue weighted by Gasteiger charge is -2.26. The van der Waals surface area contributed by atoms with E-state index in [1.807, 2.05) is 31.2 Å². The van der Waals surface area contributed by atoms with E-state index in [9.17, 15) is 9.59 Å². The Morgan fingerprint density at radius 1 is 1.30 bits per heavy atom. The van der Waals surface area contributed by atoms with Gasteiger partial charge in [-0.3, -0.25) is 9.59 Å². The number of hydrogen-bond donors (Lipinski definition) is 1. The average Bonchev–Trinajstić information content (AvgIpc) is 3.15. The second-order valence-corrected chi connectivity index (χ2v) is 8.18. The lowest BCUT2D eigenvalue weighted by molar-refractivity contribution is -0.125. The van der Waals surface area contributed by atoms with Crippen LogP contribution in [0.4, 0.5) is 0 Å². The molecule has 1 heterocycles. The van der Waals surface area contributed by atoms with E-state index in [1.165, 1.54) is 0 Å². The van der Waals surface area contributed by atoms with Crippen LogP contribution in [-0.4, -0.2) is 65.0 Å². The Morgan fingerprint density at radius 2 is 2.00 bits per heavy atom. The smallest absolute Gasteiger partial charge is 0.255 e. The zero-order chi connectivity index (χ0) is 19.8. The molecule has 2 rings (SSSR count). The second-order valence-electron chi connectivity index (χ2n) is 7.18. The van der Waals surface area contributed by atoms with Gasteiger partial charge in [0, 0.05) is 17.4 Å². The zero-order valence-electron chi connectivity index (χ0n) is 17.0. The molecule has 1 aromatic rings. The van der Waals surface area contributed by atoms with Gasteiger partial charge in [-0.1, -0.05) is 32.0 Å². The number of benzene rings is 1. The second kappa shape index (κ2) is 10.7. The van der Waals surface area contributed by atoms with E-state index in [-0.39, 0.29) is 23.9 Å². The van der Waals surface area contributed by atoms with E-state index in [1.54, 1.807) is 16.7 Å². The van der Waals surface area contributed by atoms with Gasteiger partial charge in [-0.25, -0.2) is 0 Å². The molecule has 2 amide bonds. The Kier molecular flexibility index (Phi) is 8.64. The first-order chi connectivity index (χ1) is 13.0. The lowest BCUT2D eigenvalue weighted by atomic mass is 10.1. The summed E-state index contributed by atoms with van der Waals surface area (Å²) >= 11 is 1.64. The van der Waals surface area contributed by atoms with Crippen molar-refractivity contribution in [3.8, 4) is 0 Å². The molecular formula is C21H33N3O2S. The Hall–Kier alpha value is -1.53. The monoisotopic (exact) mass is 391 g/mol. The molecule has 1 N–H and O–H groups in total. The van der Waals surface area contributed by atoms with E-state index >= 15 is 0 Å². The molecule has 0 aromatic heterocycles. The van der Waals surface area contributed by atoms with Crippen molar-refractivity contribution in [1.82, 2.24) is 15.1 Å². The molecule has 0 spiro atoms. The van der Waals surface area contributed by atoms with Gasteiger partial charge in [-0.2, -0.15) is 0 Å². The summed E-state index contributed by atoms with van der Waals surface area (Å²) in [6.45, 7) is 11.5. The molecule has 5 nitrogen and oxygen atoms in total. The van der Waals surface area contributed by atoms with E-state index in [4.69, 9.17) is 0 Å². The maximum absolute atomic E-state index is 12.9. The molecule has 150 valence electrons. The fraction of sp³-hybridized carbons (Fsp3) is 0.619. The summed E-state index contributed by atoms with van der Waals surface area (Å²) in [5.74, 6) is 1.15. The van der Waals surface area contributed by atoms with E-state index in [0.717, 1.165) is 38.0 Å². The highest BCUT2D eigenvalue weighted by atomic mass is 32.2. The summed E-state index contributed by atoms with van der Waals surface area (Å²) in [5, 5.41) is 3.12. The number of nitrogens with one attached hydrogen (secondary N) is 1. The minimum Gasteiger partial charge on any atom is -0.352 e. The highest BCUT2D eigenvalue weighted by molar-refractivity contribution is 7.99. The number of amides is 2. The zero-order valence-corrected chi connectivity index (χ0v) is 17.8. The van der Waals surface area contributed by atoms with Gasteiger partial charge in [0.1, 0.15) is 6.04 Å². The summed E-state index contributed by atoms with van der Waals surface area (Å²) in [5.41, 5.74) is 1.63. The molecule has 1 aromatic carbocycles. The van der Waals surface area contributed by atoms with Gasteiger partial charge in [0.25, 0.3) is 5.91 Å². The molecule has 1 aliphatic rings. The van der Waals surface area contributed by atoms with Crippen molar-refractivity contribution in [2.24, 2.45) is 0 Å². The van der Waals surface area contributed by atoms with E-state index in [2.05, 4.69) is 31.0 Å². The van der Waals surface area contributed by atoms with Crippen molar-refractivity contribution >= 4 is 23.6 Å². The minimum atomic E-state index is -0.382. The van der Waals surface area contributed by atoms with Crippen LogP contribution >= 0.6 is 11.8 Å². The summed E-state index contributed by atoms with van der Waals surface area (Å²) in [4.78, 5) is 29.8. The number of carbonyl (C=O) groups excluding carboxylic acids is 2. The van der Waals surface area contributed by atoms with E-state index in [0.29, 0.717) is 17.2 Å². The SMILES string of the molecule is CCN(CC)CCCC(C)NC(=O)C1CSCN1C(=O)c1ccccc1C. The maximum Gasteiger partial charge on any atom is 0.255 e. The van der Waals surface area contributed by atoms with Gasteiger partial charge >= 0.3 is 0 Å². The largest absolute Gasteiger partial charge is 0.352 e. The number of nitrogens with zero attached hydrogens (tertiary/aromatic N) is 2. The Balaban J connectivity index is 1.89. The van der Waals surface area contributed by atoms with Crippen LogP contribution in [0.1, 0.15) is 49.5 Å². The topological polar surface area (TPSA) is 52.7 Å². The number of aryl methyl sites for hydroxylation is 1. The third-order valence-corrected chi connectivity index (χ3v) is 6.23. The fourth-order valence-electron chi connectivity index (χ4n) is 3.40. The van der Waals surface area contributed by atoms with Crippen molar-refractivity contribution in [2.45, 2.75) is 52.6 Å². The van der Waals surface area contributed by atoms with Crippen LogP contribution in [0.2, 0.25) is 0 Å². The van der Waals surface area contributed by atoms with Crippen LogP contribution in [-0.2, 0) is 4.79 Å². The van der Waals surface area contributed by atoms with Gasteiger partial charge in [0.05, 0.1) is 5.88 Å². The van der Waals surface area contributed by atoms with Crippen LogP contribution in [0, 0.1) is 6.92 Å². The van der Waals surface area contributed by atoms with Crippen LogP contribution in [0.25, 0.3) is 0 Å². The first-order valence-electron chi connectivity index (χ1n) is 9.95. The molecule has 1 aliphatic heterocycles. The number of thioether (sulfide) groups is 1. The molecule has 27 heavy (non-hydrogen) atoms. The summed E-state index contributed by atoms with van der Waals surface area (Å²) in [7, 11) is 0. The summed E-state index contributed by atoms with van der Waals surface area (Å²) in [6.07, 6.45) is 2.02. The Morgan fingerprint density at radius 3 is 2.67 bits per heavy atom. The van der Waals surface area contributed by atoms with Crippen molar-refractivity contribution in [3.63, 3.8) is 0 Å². The summed E-state index contributed by atoms with van der Waals surface area (Å²) in [6, 6.07) is 7.31. The van der Waals surface area contributed by atoms with Crippen LogP contribution < -0.4 is 5.32 Å². The molecule has 0 radical (unpaired) electrons. The number of rotatable bonds is 9. The predicted molar refractivity (Wildman–Crippen MR) is 113 cm³/mol. The fourth-order valence-corrected chi connectivity index (χ4v) is 4.55. The Labute approximate surface area is 167 Å². The third kappa shape index (κ3) is 5.98. The van der Waals surface area contributed by atoms with Crippen molar-refractivity contribution in [1.29, 1.82) is 0 Å². The molecule has 0 bridgehead atoms. The van der Waals surface area contributed by atoms with Gasteiger partial charge in [-0.15, -0.1) is 11.8 Å². The highest BCUT2D eigenvalue weighted by Gasteiger charge is 2.35. The van der Waals surface area contributed by atoms with Crippen molar-refractivity contribution in [2.75, 3.05) is 31.3 Å². The maximum atomic E-state index is 12.9. The summed E-state index contributed by atoms with van der Waals surface area (Å²) < 4.78 is 0. The molecule has 1 fully saturated rings. The average molecular weight is 392 g/mol. The molecule has 2 atom stereocenters. The van der Waals surface area contributed by atoms with Crippen LogP contribution in [0.3, 0.4) is 0 Å². The number of hydrogen-bond acceptors (Lipinski definition) is 4. The quantitative estimate of drug-likeness (QED) is 0.703. The van der Waals surface area contributed by atoms with Crippen LogP contribution in [0.5, 0.6) is 0 Å². The molecule has 0 saturated carbocycles. The molecular weight excluding hydrogens is 358 g/mol. The third-order valence-electron chi connectivity index (χ3n) is 5.22. The predicted octanol–water partition coefficient (Wildman–Crippen LogP) is 3.14. The van der Waals surface area contributed by atoms with Gasteiger partial charge in [0.2, 0.25) is 5.91 Å². The number of carbonyl (C=O) groups is 2. The lowest BCUT2D eigenvalue weighted by Crippen LogP contribution is -2.49. The van der Waals surface area contributed by atoms with Gasteiger partial charge < -0.3 is 15.1 Å². The minimum absolute atomic E-state index is 0.0303. The van der Waals surface area contributed by atoms with Gasteiger partial charge in [-0.05, 0) is 58.0 Å². The van der Waals surface area contributed by atoms with E-state index < -0.39 is 0 Å². The standard InChI is InChI=1S/C21H33N3O2S/c1-5-23(6-2)13-9-11-17(4)22-20(25)19-14-27-15-24(19)21(26)18-12-8-7-10-16(18)3/h7-8,10,12,17,19H,5-6,9,11,13-15H2,1-4H3,(H,22,25).